The van der Waals surface area contributed by atoms with E-state index < -0.39 is 0 Å². The van der Waals surface area contributed by atoms with E-state index in [0.717, 1.165) is 11.6 Å². The van der Waals surface area contributed by atoms with Crippen molar-refractivity contribution in [3.63, 3.8) is 0 Å². The number of nitrogens with zero attached hydrogens (tertiary/aromatic N) is 1. The van der Waals surface area contributed by atoms with Crippen LogP contribution in [-0.2, 0) is 0 Å². The molecular formula is C18H22N2. The fourth-order valence-electron chi connectivity index (χ4n) is 3.23. The molecule has 0 aliphatic heterocycles. The summed E-state index contributed by atoms with van der Waals surface area (Å²) in [4.78, 5) is 4.21. The van der Waals surface area contributed by atoms with Gasteiger partial charge in [-0.15, -0.1) is 0 Å². The van der Waals surface area contributed by atoms with Gasteiger partial charge in [0, 0.05) is 12.4 Å². The van der Waals surface area contributed by atoms with Gasteiger partial charge in [0.25, 0.3) is 0 Å². The van der Waals surface area contributed by atoms with Crippen molar-refractivity contribution < 1.29 is 0 Å². The van der Waals surface area contributed by atoms with Crippen LogP contribution < -0.4 is 5.32 Å². The van der Waals surface area contributed by atoms with Crippen molar-refractivity contribution in [2.75, 3.05) is 5.32 Å². The molecule has 104 valence electrons. The molecule has 0 spiro atoms. The van der Waals surface area contributed by atoms with E-state index >= 15 is 0 Å². The lowest BCUT2D eigenvalue weighted by atomic mass is 9.81. The Kier molecular flexibility index (Phi) is 4.32. The molecule has 1 fully saturated rings. The normalized spacial score (nSPS) is 17.6. The summed E-state index contributed by atoms with van der Waals surface area (Å²) in [6, 6.07) is 15.3. The van der Waals surface area contributed by atoms with Gasteiger partial charge in [-0.25, -0.2) is 0 Å². The Morgan fingerprint density at radius 2 is 1.75 bits per heavy atom. The van der Waals surface area contributed by atoms with Crippen molar-refractivity contribution in [3.8, 4) is 0 Å². The quantitative estimate of drug-likeness (QED) is 0.858. The summed E-state index contributed by atoms with van der Waals surface area (Å²) in [5.41, 5.74) is 2.51. The molecule has 1 saturated carbocycles. The fourth-order valence-corrected chi connectivity index (χ4v) is 3.23. The summed E-state index contributed by atoms with van der Waals surface area (Å²) in [5, 5.41) is 3.70. The topological polar surface area (TPSA) is 24.9 Å². The van der Waals surface area contributed by atoms with Gasteiger partial charge >= 0.3 is 0 Å². The van der Waals surface area contributed by atoms with E-state index in [9.17, 15) is 0 Å². The smallest absolute Gasteiger partial charge is 0.0542 e. The molecule has 2 heteroatoms. The van der Waals surface area contributed by atoms with Gasteiger partial charge < -0.3 is 5.32 Å². The van der Waals surface area contributed by atoms with E-state index in [1.54, 1.807) is 0 Å². The molecule has 1 aliphatic carbocycles. The molecule has 0 radical (unpaired) electrons. The van der Waals surface area contributed by atoms with E-state index in [1.807, 2.05) is 18.5 Å². The largest absolute Gasteiger partial charge is 0.377 e. The first-order valence-electron chi connectivity index (χ1n) is 7.65. The van der Waals surface area contributed by atoms with Gasteiger partial charge in [0.05, 0.1) is 11.7 Å². The number of aromatic nitrogens is 1. The zero-order valence-corrected chi connectivity index (χ0v) is 11.8. The minimum absolute atomic E-state index is 0.403. The molecule has 0 amide bonds. The van der Waals surface area contributed by atoms with Crippen molar-refractivity contribution in [1.29, 1.82) is 0 Å². The Balaban J connectivity index is 1.83. The second kappa shape index (κ2) is 6.56. The molecule has 0 saturated heterocycles. The van der Waals surface area contributed by atoms with Crippen LogP contribution in [0.5, 0.6) is 0 Å². The highest BCUT2D eigenvalue weighted by molar-refractivity contribution is 5.43. The van der Waals surface area contributed by atoms with Gasteiger partial charge in [0.1, 0.15) is 0 Å². The second-order valence-corrected chi connectivity index (χ2v) is 5.67. The zero-order chi connectivity index (χ0) is 13.6. The molecule has 20 heavy (non-hydrogen) atoms. The molecular weight excluding hydrogens is 244 g/mol. The number of hydrogen-bond donors (Lipinski definition) is 1. The maximum Gasteiger partial charge on any atom is 0.0542 e. The van der Waals surface area contributed by atoms with Crippen LogP contribution in [-0.4, -0.2) is 4.98 Å². The molecule has 3 rings (SSSR count). The second-order valence-electron chi connectivity index (χ2n) is 5.67. The van der Waals surface area contributed by atoms with Crippen LogP contribution in [0.2, 0.25) is 0 Å². The van der Waals surface area contributed by atoms with Crippen LogP contribution in [0, 0.1) is 5.92 Å². The van der Waals surface area contributed by atoms with E-state index in [-0.39, 0.29) is 0 Å². The van der Waals surface area contributed by atoms with Crippen LogP contribution in [0.15, 0.2) is 54.9 Å². The number of nitrogens with one attached hydrogen (secondary N) is 1. The van der Waals surface area contributed by atoms with E-state index in [1.165, 1.54) is 37.7 Å². The highest BCUT2D eigenvalue weighted by Gasteiger charge is 2.24. The van der Waals surface area contributed by atoms with Gasteiger partial charge in [-0.2, -0.15) is 0 Å². The highest BCUT2D eigenvalue weighted by Crippen LogP contribution is 2.36. The SMILES string of the molecule is c1ccc(C(Nc2cccnc2)C2CCCCC2)cc1. The zero-order valence-electron chi connectivity index (χ0n) is 11.8. The number of anilines is 1. The standard InChI is InChI=1S/C18H22N2/c1-3-8-15(9-4-1)18(16-10-5-2-6-11-16)20-17-12-7-13-19-14-17/h1,3-4,7-9,12-14,16,18,20H,2,5-6,10-11H2. The fraction of sp³-hybridized carbons (Fsp3) is 0.389. The third kappa shape index (κ3) is 3.19. The maximum atomic E-state index is 4.21. The molecule has 2 aromatic rings. The third-order valence-corrected chi connectivity index (χ3v) is 4.26. The average molecular weight is 266 g/mol. The first-order chi connectivity index (χ1) is 9.93. The van der Waals surface area contributed by atoms with Crippen molar-refractivity contribution >= 4 is 5.69 Å². The van der Waals surface area contributed by atoms with Crippen LogP contribution >= 0.6 is 0 Å². The van der Waals surface area contributed by atoms with Crippen molar-refractivity contribution in [3.05, 3.63) is 60.4 Å². The Bertz CT molecular complexity index is 503. The summed E-state index contributed by atoms with van der Waals surface area (Å²) >= 11 is 0. The van der Waals surface area contributed by atoms with Crippen LogP contribution in [0.25, 0.3) is 0 Å². The van der Waals surface area contributed by atoms with Crippen molar-refractivity contribution in [1.82, 2.24) is 4.98 Å². The van der Waals surface area contributed by atoms with Crippen LogP contribution in [0.3, 0.4) is 0 Å². The predicted octanol–water partition coefficient (Wildman–Crippen LogP) is 4.82. The molecule has 0 bridgehead atoms. The molecule has 1 aromatic carbocycles. The molecule has 1 unspecified atom stereocenters. The lowest BCUT2D eigenvalue weighted by molar-refractivity contribution is 0.321. The van der Waals surface area contributed by atoms with Crippen molar-refractivity contribution in [2.24, 2.45) is 5.92 Å². The number of benzene rings is 1. The summed E-state index contributed by atoms with van der Waals surface area (Å²) in [5.74, 6) is 0.728. The predicted molar refractivity (Wildman–Crippen MR) is 83.6 cm³/mol. The molecule has 2 nitrogen and oxygen atoms in total. The summed E-state index contributed by atoms with van der Waals surface area (Å²) < 4.78 is 0. The lowest BCUT2D eigenvalue weighted by Gasteiger charge is -2.32. The van der Waals surface area contributed by atoms with Gasteiger partial charge in [-0.1, -0.05) is 49.6 Å². The first-order valence-corrected chi connectivity index (χ1v) is 7.65. The molecule has 1 N–H and O–H groups in total. The third-order valence-electron chi connectivity index (χ3n) is 4.26. The van der Waals surface area contributed by atoms with E-state index in [0.29, 0.717) is 6.04 Å². The Labute approximate surface area is 121 Å². The number of pyridine rings is 1. The molecule has 1 aliphatic rings. The number of hydrogen-bond acceptors (Lipinski definition) is 2. The minimum Gasteiger partial charge on any atom is -0.377 e. The summed E-state index contributed by atoms with van der Waals surface area (Å²) in [6.45, 7) is 0. The number of rotatable bonds is 4. The van der Waals surface area contributed by atoms with E-state index in [2.05, 4.69) is 46.7 Å². The Morgan fingerprint density at radius 3 is 2.45 bits per heavy atom. The first kappa shape index (κ1) is 13.2. The van der Waals surface area contributed by atoms with Gasteiger partial charge in [-0.3, -0.25) is 4.98 Å². The maximum absolute atomic E-state index is 4.21. The monoisotopic (exact) mass is 266 g/mol. The summed E-state index contributed by atoms with van der Waals surface area (Å²) in [6.07, 6.45) is 10.5. The van der Waals surface area contributed by atoms with Crippen LogP contribution in [0.4, 0.5) is 5.69 Å². The molecule has 1 atom stereocenters. The van der Waals surface area contributed by atoms with E-state index in [4.69, 9.17) is 0 Å². The van der Waals surface area contributed by atoms with Crippen molar-refractivity contribution in [2.45, 2.75) is 38.1 Å². The molecule has 1 aromatic heterocycles. The van der Waals surface area contributed by atoms with Gasteiger partial charge in [-0.05, 0) is 36.5 Å². The summed E-state index contributed by atoms with van der Waals surface area (Å²) in [7, 11) is 0. The van der Waals surface area contributed by atoms with Gasteiger partial charge in [0.15, 0.2) is 0 Å². The Morgan fingerprint density at radius 1 is 0.950 bits per heavy atom. The minimum atomic E-state index is 0.403. The Hall–Kier alpha value is -1.83. The average Bonchev–Trinajstić information content (AvgIpc) is 2.55. The van der Waals surface area contributed by atoms with Gasteiger partial charge in [0.2, 0.25) is 0 Å². The molecule has 1 heterocycles. The highest BCUT2D eigenvalue weighted by atomic mass is 14.9. The lowest BCUT2D eigenvalue weighted by Crippen LogP contribution is -2.23. The van der Waals surface area contributed by atoms with Crippen LogP contribution in [0.1, 0.15) is 43.7 Å².